The average molecular weight is 314 g/mol. The molecule has 0 aliphatic heterocycles. The number of H-pyrrole nitrogens is 1. The van der Waals surface area contributed by atoms with E-state index >= 15 is 0 Å². The molecule has 6 nitrogen and oxygen atoms in total. The zero-order valence-electron chi connectivity index (χ0n) is 12.9. The molecular formula is C17H18N2O4. The van der Waals surface area contributed by atoms with Gasteiger partial charge in [-0.15, -0.1) is 0 Å². The molecule has 3 aromatic rings. The third kappa shape index (κ3) is 3.33. The van der Waals surface area contributed by atoms with Crippen LogP contribution < -0.4 is 10.2 Å². The van der Waals surface area contributed by atoms with Crippen molar-refractivity contribution < 1.29 is 14.2 Å². The minimum atomic E-state index is -0.150. The molecule has 1 aromatic carbocycles. The van der Waals surface area contributed by atoms with E-state index in [1.165, 1.54) is 0 Å². The molecular weight excluding hydrogens is 296 g/mol. The van der Waals surface area contributed by atoms with E-state index in [-0.39, 0.29) is 11.2 Å². The van der Waals surface area contributed by atoms with E-state index in [1.54, 1.807) is 25.6 Å². The molecule has 0 amide bonds. The number of hydrogen-bond donors (Lipinski definition) is 1. The van der Waals surface area contributed by atoms with Gasteiger partial charge in [0.15, 0.2) is 5.75 Å². The van der Waals surface area contributed by atoms with Crippen molar-refractivity contribution in [2.24, 2.45) is 0 Å². The maximum absolute atomic E-state index is 12.5. The minimum absolute atomic E-state index is 0.150. The van der Waals surface area contributed by atoms with E-state index in [0.29, 0.717) is 31.8 Å². The van der Waals surface area contributed by atoms with Gasteiger partial charge in [0.1, 0.15) is 6.61 Å². The van der Waals surface area contributed by atoms with Gasteiger partial charge in [-0.25, -0.2) is 0 Å². The van der Waals surface area contributed by atoms with E-state index in [9.17, 15) is 4.79 Å². The van der Waals surface area contributed by atoms with Gasteiger partial charge in [0.05, 0.1) is 36.2 Å². The van der Waals surface area contributed by atoms with Crippen molar-refractivity contribution in [1.82, 2.24) is 9.97 Å². The molecule has 3 rings (SSSR count). The highest BCUT2D eigenvalue weighted by molar-refractivity contribution is 6.02. The number of methoxy groups -OCH3 is 1. The van der Waals surface area contributed by atoms with Gasteiger partial charge in [-0.3, -0.25) is 9.78 Å². The van der Waals surface area contributed by atoms with Gasteiger partial charge < -0.3 is 19.2 Å². The molecule has 2 heterocycles. The topological polar surface area (TPSA) is 73.4 Å². The summed E-state index contributed by atoms with van der Waals surface area (Å²) in [6.45, 7) is 1.76. The highest BCUT2D eigenvalue weighted by atomic mass is 16.5. The lowest BCUT2D eigenvalue weighted by Gasteiger charge is -2.08. The number of hydrogen-bond acceptors (Lipinski definition) is 5. The fourth-order valence-corrected chi connectivity index (χ4v) is 2.38. The van der Waals surface area contributed by atoms with Crippen LogP contribution in [0.3, 0.4) is 0 Å². The van der Waals surface area contributed by atoms with Crippen molar-refractivity contribution in [3.63, 3.8) is 0 Å². The Bertz CT molecular complexity index is 860. The number of aromatic amines is 1. The predicted molar refractivity (Wildman–Crippen MR) is 88.1 cm³/mol. The summed E-state index contributed by atoms with van der Waals surface area (Å²) in [6, 6.07) is 7.51. The predicted octanol–water partition coefficient (Wildman–Crippen LogP) is 2.12. The van der Waals surface area contributed by atoms with Crippen molar-refractivity contribution in [2.75, 3.05) is 33.5 Å². The fraction of sp³-hybridized carbons (Fsp3) is 0.294. The van der Waals surface area contributed by atoms with Crippen molar-refractivity contribution in [1.29, 1.82) is 0 Å². The zero-order chi connectivity index (χ0) is 16.1. The molecule has 0 radical (unpaired) electrons. The molecule has 0 aliphatic carbocycles. The number of benzene rings is 1. The highest BCUT2D eigenvalue weighted by Crippen LogP contribution is 2.20. The Balaban J connectivity index is 1.79. The van der Waals surface area contributed by atoms with Gasteiger partial charge >= 0.3 is 0 Å². The van der Waals surface area contributed by atoms with E-state index in [0.717, 1.165) is 16.4 Å². The summed E-state index contributed by atoms with van der Waals surface area (Å²) in [7, 11) is 1.62. The van der Waals surface area contributed by atoms with Crippen LogP contribution in [-0.2, 0) is 9.47 Å². The van der Waals surface area contributed by atoms with Gasteiger partial charge in [-0.2, -0.15) is 0 Å². The van der Waals surface area contributed by atoms with Crippen LogP contribution in [0.2, 0.25) is 0 Å². The van der Waals surface area contributed by atoms with Crippen molar-refractivity contribution in [2.45, 2.75) is 0 Å². The smallest absolute Gasteiger partial charge is 0.231 e. The second kappa shape index (κ2) is 7.21. The summed E-state index contributed by atoms with van der Waals surface area (Å²) in [5, 5.41) is 1.55. The molecule has 0 fully saturated rings. The Morgan fingerprint density at radius 3 is 2.87 bits per heavy atom. The number of rotatable bonds is 7. The molecule has 1 N–H and O–H groups in total. The third-order valence-corrected chi connectivity index (χ3v) is 3.51. The number of nitrogens with zero attached hydrogens (tertiary/aromatic N) is 1. The Morgan fingerprint density at radius 1 is 1.13 bits per heavy atom. The minimum Gasteiger partial charge on any atom is -0.486 e. The van der Waals surface area contributed by atoms with Crippen molar-refractivity contribution >= 4 is 21.8 Å². The van der Waals surface area contributed by atoms with Gasteiger partial charge in [0, 0.05) is 24.9 Å². The maximum atomic E-state index is 12.5. The molecule has 0 saturated heterocycles. The van der Waals surface area contributed by atoms with Gasteiger partial charge in [0.2, 0.25) is 5.43 Å². The number of aromatic nitrogens is 2. The molecule has 0 saturated carbocycles. The highest BCUT2D eigenvalue weighted by Gasteiger charge is 2.09. The lowest BCUT2D eigenvalue weighted by Crippen LogP contribution is -2.14. The first-order valence-electron chi connectivity index (χ1n) is 7.40. The molecule has 0 spiro atoms. The Morgan fingerprint density at radius 2 is 2.00 bits per heavy atom. The molecule has 0 unspecified atom stereocenters. The lowest BCUT2D eigenvalue weighted by molar-refractivity contribution is 0.0542. The van der Waals surface area contributed by atoms with Gasteiger partial charge in [-0.05, 0) is 12.1 Å². The van der Waals surface area contributed by atoms with Crippen molar-refractivity contribution in [3.05, 3.63) is 46.9 Å². The molecule has 2 aromatic heterocycles. The van der Waals surface area contributed by atoms with E-state index in [2.05, 4.69) is 9.97 Å². The third-order valence-electron chi connectivity index (χ3n) is 3.51. The second-order valence-electron chi connectivity index (χ2n) is 5.00. The summed E-state index contributed by atoms with van der Waals surface area (Å²) >= 11 is 0. The van der Waals surface area contributed by atoms with E-state index < -0.39 is 0 Å². The SMILES string of the molecule is COCCOCCOc1c[nH]c2c(ccc3cccnc32)c1=O. The monoisotopic (exact) mass is 314 g/mol. The normalized spacial score (nSPS) is 11.2. The molecule has 120 valence electrons. The van der Waals surface area contributed by atoms with Crippen LogP contribution in [-0.4, -0.2) is 43.5 Å². The van der Waals surface area contributed by atoms with Crippen LogP contribution in [0.1, 0.15) is 0 Å². The first-order valence-corrected chi connectivity index (χ1v) is 7.40. The Kier molecular flexibility index (Phi) is 4.85. The summed E-state index contributed by atoms with van der Waals surface area (Å²) in [5.74, 6) is 0.281. The number of fused-ring (bicyclic) bond motifs is 3. The van der Waals surface area contributed by atoms with Gasteiger partial charge in [0.25, 0.3) is 0 Å². The number of pyridine rings is 2. The van der Waals surface area contributed by atoms with E-state index in [4.69, 9.17) is 14.2 Å². The van der Waals surface area contributed by atoms with Gasteiger partial charge in [-0.1, -0.05) is 12.1 Å². The standard InChI is InChI=1S/C17H18N2O4/c1-21-7-8-22-9-10-23-14-11-19-16-13(17(14)20)5-4-12-3-2-6-18-15(12)16/h2-6,11H,7-10H2,1H3,(H,19,20). The van der Waals surface area contributed by atoms with Crippen LogP contribution in [0.25, 0.3) is 21.8 Å². The average Bonchev–Trinajstić information content (AvgIpc) is 2.59. The summed E-state index contributed by atoms with van der Waals surface area (Å²) in [4.78, 5) is 20.0. The first kappa shape index (κ1) is 15.5. The lowest BCUT2D eigenvalue weighted by atomic mass is 10.1. The molecule has 0 atom stereocenters. The first-order chi connectivity index (χ1) is 11.3. The summed E-state index contributed by atoms with van der Waals surface area (Å²) < 4.78 is 15.7. The number of nitrogens with one attached hydrogen (secondary N) is 1. The number of ether oxygens (including phenoxy) is 3. The zero-order valence-corrected chi connectivity index (χ0v) is 12.9. The molecule has 0 aliphatic rings. The fourth-order valence-electron chi connectivity index (χ4n) is 2.38. The molecule has 0 bridgehead atoms. The summed E-state index contributed by atoms with van der Waals surface area (Å²) in [6.07, 6.45) is 3.29. The van der Waals surface area contributed by atoms with Crippen molar-refractivity contribution in [3.8, 4) is 5.75 Å². The molecule has 23 heavy (non-hydrogen) atoms. The van der Waals surface area contributed by atoms with Crippen LogP contribution in [0, 0.1) is 0 Å². The summed E-state index contributed by atoms with van der Waals surface area (Å²) in [5.41, 5.74) is 1.34. The van der Waals surface area contributed by atoms with Crippen LogP contribution in [0.4, 0.5) is 0 Å². The van der Waals surface area contributed by atoms with Crippen LogP contribution in [0.15, 0.2) is 41.5 Å². The maximum Gasteiger partial charge on any atom is 0.231 e. The van der Waals surface area contributed by atoms with E-state index in [1.807, 2.05) is 18.2 Å². The second-order valence-corrected chi connectivity index (χ2v) is 5.00. The Labute approximate surface area is 133 Å². The quantitative estimate of drug-likeness (QED) is 0.534. The Hall–Kier alpha value is -2.44. The van der Waals surface area contributed by atoms with Crippen LogP contribution in [0.5, 0.6) is 5.75 Å². The van der Waals surface area contributed by atoms with Crippen LogP contribution >= 0.6 is 0 Å². The largest absolute Gasteiger partial charge is 0.486 e. The molecule has 6 heteroatoms.